The van der Waals surface area contributed by atoms with Gasteiger partial charge in [0.2, 0.25) is 5.91 Å². The Kier molecular flexibility index (Phi) is 3.41. The highest BCUT2D eigenvalue weighted by Crippen LogP contribution is 2.53. The van der Waals surface area contributed by atoms with Crippen molar-refractivity contribution in [3.63, 3.8) is 0 Å². The van der Waals surface area contributed by atoms with Gasteiger partial charge in [0.05, 0.1) is 16.6 Å². The molecular formula is C10H7BrCl3NO. The minimum absolute atomic E-state index is 0.200. The zero-order chi connectivity index (χ0) is 11.9. The molecule has 1 aromatic carbocycles. The molecule has 1 aromatic rings. The van der Waals surface area contributed by atoms with Gasteiger partial charge in [-0.15, -0.1) is 23.2 Å². The summed E-state index contributed by atoms with van der Waals surface area (Å²) in [5, 5.41) is 3.16. The Balaban J connectivity index is 2.07. The van der Waals surface area contributed by atoms with Crippen LogP contribution in [0.5, 0.6) is 0 Å². The number of hydrogen-bond donors (Lipinski definition) is 1. The van der Waals surface area contributed by atoms with Crippen molar-refractivity contribution in [2.24, 2.45) is 5.92 Å². The second-order valence-electron chi connectivity index (χ2n) is 3.63. The number of nitrogens with one attached hydrogen (secondary N) is 1. The van der Waals surface area contributed by atoms with Gasteiger partial charge in [-0.2, -0.15) is 0 Å². The van der Waals surface area contributed by atoms with Crippen molar-refractivity contribution in [1.82, 2.24) is 0 Å². The van der Waals surface area contributed by atoms with Gasteiger partial charge in [-0.05, 0) is 24.6 Å². The van der Waals surface area contributed by atoms with E-state index in [4.69, 9.17) is 34.8 Å². The molecule has 1 aliphatic carbocycles. The first kappa shape index (κ1) is 12.5. The summed E-state index contributed by atoms with van der Waals surface area (Å²) in [6.07, 6.45) is 0.482. The molecule has 6 heteroatoms. The van der Waals surface area contributed by atoms with Gasteiger partial charge < -0.3 is 5.32 Å². The van der Waals surface area contributed by atoms with Gasteiger partial charge in [-0.3, -0.25) is 4.79 Å². The highest BCUT2D eigenvalue weighted by molar-refractivity contribution is 9.10. The lowest BCUT2D eigenvalue weighted by atomic mass is 10.3. The van der Waals surface area contributed by atoms with Gasteiger partial charge in [0.15, 0.2) is 0 Å². The quantitative estimate of drug-likeness (QED) is 0.800. The van der Waals surface area contributed by atoms with Gasteiger partial charge in [0.1, 0.15) is 4.33 Å². The molecule has 1 atom stereocenters. The number of halogens is 4. The summed E-state index contributed by atoms with van der Waals surface area (Å²) >= 11 is 20.8. The number of benzene rings is 1. The van der Waals surface area contributed by atoms with Crippen LogP contribution in [0.4, 0.5) is 5.69 Å². The fourth-order valence-corrected chi connectivity index (χ4v) is 2.54. The summed E-state index contributed by atoms with van der Waals surface area (Å²) in [6, 6.07) is 5.22. The van der Waals surface area contributed by atoms with Crippen molar-refractivity contribution in [1.29, 1.82) is 0 Å². The summed E-state index contributed by atoms with van der Waals surface area (Å²) in [4.78, 5) is 11.7. The van der Waals surface area contributed by atoms with Crippen LogP contribution in [0, 0.1) is 5.92 Å². The van der Waals surface area contributed by atoms with Crippen LogP contribution in [0.2, 0.25) is 5.02 Å². The zero-order valence-corrected chi connectivity index (χ0v) is 11.8. The van der Waals surface area contributed by atoms with Crippen molar-refractivity contribution < 1.29 is 4.79 Å². The van der Waals surface area contributed by atoms with E-state index in [2.05, 4.69) is 21.2 Å². The molecule has 2 rings (SSSR count). The zero-order valence-electron chi connectivity index (χ0n) is 7.94. The fourth-order valence-electron chi connectivity index (χ4n) is 1.31. The lowest BCUT2D eigenvalue weighted by molar-refractivity contribution is -0.117. The Labute approximate surface area is 116 Å². The summed E-state index contributed by atoms with van der Waals surface area (Å²) in [5.74, 6) is -0.551. The first-order valence-corrected chi connectivity index (χ1v) is 6.46. The molecule has 1 fully saturated rings. The number of carbonyl (C=O) groups excluding carboxylic acids is 1. The minimum Gasteiger partial charge on any atom is -0.324 e. The molecule has 2 nitrogen and oxygen atoms in total. The van der Waals surface area contributed by atoms with Crippen LogP contribution in [-0.2, 0) is 4.79 Å². The molecule has 0 radical (unpaired) electrons. The number of carbonyl (C=O) groups is 1. The lowest BCUT2D eigenvalue weighted by Crippen LogP contribution is -2.17. The Morgan fingerprint density at radius 1 is 1.50 bits per heavy atom. The average molecular weight is 343 g/mol. The second-order valence-corrected chi connectivity index (χ2v) is 6.50. The third-order valence-electron chi connectivity index (χ3n) is 2.33. The van der Waals surface area contributed by atoms with E-state index < -0.39 is 4.33 Å². The van der Waals surface area contributed by atoms with Crippen molar-refractivity contribution in [3.05, 3.63) is 27.7 Å². The molecule has 1 unspecified atom stereocenters. The summed E-state index contributed by atoms with van der Waals surface area (Å²) in [5.41, 5.74) is 0.561. The summed E-state index contributed by atoms with van der Waals surface area (Å²) in [6.45, 7) is 0. The Bertz CT molecular complexity index is 450. The van der Waals surface area contributed by atoms with E-state index in [0.717, 1.165) is 4.47 Å². The van der Waals surface area contributed by atoms with Gasteiger partial charge in [0, 0.05) is 4.47 Å². The predicted molar refractivity (Wildman–Crippen MR) is 70.3 cm³/mol. The van der Waals surface area contributed by atoms with Gasteiger partial charge in [0.25, 0.3) is 0 Å². The molecule has 0 bridgehead atoms. The van der Waals surface area contributed by atoms with Gasteiger partial charge in [-0.25, -0.2) is 0 Å². The van der Waals surface area contributed by atoms with E-state index in [1.165, 1.54) is 0 Å². The SMILES string of the molecule is O=C(Nc1ccc(Br)cc1Cl)C1CC1(Cl)Cl. The number of amides is 1. The second kappa shape index (κ2) is 4.37. The number of anilines is 1. The van der Waals surface area contributed by atoms with Crippen LogP contribution in [-0.4, -0.2) is 10.2 Å². The first-order chi connectivity index (χ1) is 7.40. The molecule has 0 saturated heterocycles. The van der Waals surface area contributed by atoms with E-state index in [0.29, 0.717) is 17.1 Å². The van der Waals surface area contributed by atoms with Crippen molar-refractivity contribution in [2.75, 3.05) is 5.32 Å². The molecule has 1 saturated carbocycles. The van der Waals surface area contributed by atoms with E-state index in [-0.39, 0.29) is 11.8 Å². The topological polar surface area (TPSA) is 29.1 Å². The van der Waals surface area contributed by atoms with Crippen molar-refractivity contribution in [3.8, 4) is 0 Å². The Morgan fingerprint density at radius 3 is 2.62 bits per heavy atom. The first-order valence-electron chi connectivity index (χ1n) is 4.54. The Hall–Kier alpha value is 0.0400. The molecule has 0 spiro atoms. The molecule has 1 aliphatic rings. The third-order valence-corrected chi connectivity index (χ3v) is 3.97. The summed E-state index contributed by atoms with van der Waals surface area (Å²) < 4.78 is -0.0581. The minimum atomic E-state index is -0.911. The van der Waals surface area contributed by atoms with Crippen molar-refractivity contribution in [2.45, 2.75) is 10.8 Å². The van der Waals surface area contributed by atoms with Crippen LogP contribution >= 0.6 is 50.7 Å². The molecule has 0 aliphatic heterocycles. The molecule has 1 amide bonds. The van der Waals surface area contributed by atoms with Crippen molar-refractivity contribution >= 4 is 62.3 Å². The number of hydrogen-bond acceptors (Lipinski definition) is 1. The standard InChI is InChI=1S/C10H7BrCl3NO/c11-5-1-2-8(7(12)3-5)15-9(16)6-4-10(6,13)14/h1-3,6H,4H2,(H,15,16). The molecular weight excluding hydrogens is 336 g/mol. The van der Waals surface area contributed by atoms with E-state index >= 15 is 0 Å². The van der Waals surface area contributed by atoms with Crippen LogP contribution in [0.25, 0.3) is 0 Å². The lowest BCUT2D eigenvalue weighted by Gasteiger charge is -2.07. The largest absolute Gasteiger partial charge is 0.324 e. The van der Waals surface area contributed by atoms with Gasteiger partial charge in [-0.1, -0.05) is 27.5 Å². The number of alkyl halides is 2. The van der Waals surface area contributed by atoms with Crippen LogP contribution in [0.3, 0.4) is 0 Å². The average Bonchev–Trinajstić information content (AvgIpc) is 2.80. The van der Waals surface area contributed by atoms with Crippen LogP contribution in [0.1, 0.15) is 6.42 Å². The molecule has 1 N–H and O–H groups in total. The monoisotopic (exact) mass is 341 g/mol. The smallest absolute Gasteiger partial charge is 0.230 e. The summed E-state index contributed by atoms with van der Waals surface area (Å²) in [7, 11) is 0. The number of rotatable bonds is 2. The maximum absolute atomic E-state index is 11.7. The fraction of sp³-hybridized carbons (Fsp3) is 0.300. The molecule has 86 valence electrons. The molecule has 0 heterocycles. The predicted octanol–water partition coefficient (Wildman–Crippen LogP) is 4.23. The van der Waals surface area contributed by atoms with Gasteiger partial charge >= 0.3 is 0 Å². The molecule has 0 aromatic heterocycles. The highest BCUT2D eigenvalue weighted by atomic mass is 79.9. The van der Waals surface area contributed by atoms with Crippen LogP contribution in [0.15, 0.2) is 22.7 Å². The van der Waals surface area contributed by atoms with E-state index in [1.807, 2.05) is 0 Å². The normalized spacial score (nSPS) is 21.6. The van der Waals surface area contributed by atoms with E-state index in [1.54, 1.807) is 18.2 Å². The van der Waals surface area contributed by atoms with E-state index in [9.17, 15) is 4.79 Å². The molecule has 16 heavy (non-hydrogen) atoms. The Morgan fingerprint density at radius 2 is 2.12 bits per heavy atom. The third kappa shape index (κ3) is 2.65. The highest BCUT2D eigenvalue weighted by Gasteiger charge is 2.56. The maximum Gasteiger partial charge on any atom is 0.230 e. The maximum atomic E-state index is 11.7. The van der Waals surface area contributed by atoms with Crippen LogP contribution < -0.4 is 5.32 Å².